The SMILES string of the molecule is CC1CCC(C(C)(C)Cc2ccc(I)cc2)C(N)C1. The molecule has 1 aliphatic carbocycles. The minimum Gasteiger partial charge on any atom is -0.327 e. The molecule has 0 aliphatic heterocycles. The van der Waals surface area contributed by atoms with Crippen molar-refractivity contribution in [3.8, 4) is 0 Å². The van der Waals surface area contributed by atoms with Gasteiger partial charge in [-0.25, -0.2) is 0 Å². The van der Waals surface area contributed by atoms with Crippen LogP contribution >= 0.6 is 22.6 Å². The molecular weight excluding hydrogens is 345 g/mol. The van der Waals surface area contributed by atoms with E-state index in [0.29, 0.717) is 17.4 Å². The highest BCUT2D eigenvalue weighted by Crippen LogP contribution is 2.41. The maximum absolute atomic E-state index is 6.43. The van der Waals surface area contributed by atoms with Crippen molar-refractivity contribution < 1.29 is 0 Å². The van der Waals surface area contributed by atoms with Crippen LogP contribution in [-0.4, -0.2) is 6.04 Å². The molecular formula is C17H26IN. The van der Waals surface area contributed by atoms with Crippen LogP contribution in [0.15, 0.2) is 24.3 Å². The van der Waals surface area contributed by atoms with Crippen LogP contribution in [0, 0.1) is 20.8 Å². The Bertz CT molecular complexity index is 410. The zero-order chi connectivity index (χ0) is 14.0. The molecule has 19 heavy (non-hydrogen) atoms. The molecule has 2 heteroatoms. The molecule has 1 aromatic rings. The van der Waals surface area contributed by atoms with Crippen molar-refractivity contribution in [3.63, 3.8) is 0 Å². The lowest BCUT2D eigenvalue weighted by Crippen LogP contribution is -2.44. The van der Waals surface area contributed by atoms with Crippen molar-refractivity contribution in [3.05, 3.63) is 33.4 Å². The maximum Gasteiger partial charge on any atom is 0.0130 e. The summed E-state index contributed by atoms with van der Waals surface area (Å²) in [5, 5.41) is 0. The minimum atomic E-state index is 0.298. The molecule has 1 aromatic carbocycles. The maximum atomic E-state index is 6.43. The topological polar surface area (TPSA) is 26.0 Å². The monoisotopic (exact) mass is 371 g/mol. The number of benzene rings is 1. The van der Waals surface area contributed by atoms with E-state index in [9.17, 15) is 0 Å². The molecule has 0 saturated heterocycles. The average molecular weight is 371 g/mol. The van der Waals surface area contributed by atoms with Gasteiger partial charge in [-0.1, -0.05) is 39.3 Å². The van der Waals surface area contributed by atoms with E-state index in [1.165, 1.54) is 28.4 Å². The quantitative estimate of drug-likeness (QED) is 0.771. The van der Waals surface area contributed by atoms with Gasteiger partial charge in [-0.05, 0) is 76.8 Å². The largest absolute Gasteiger partial charge is 0.327 e. The molecule has 3 atom stereocenters. The molecule has 0 aromatic heterocycles. The number of hydrogen-bond acceptors (Lipinski definition) is 1. The highest BCUT2D eigenvalue weighted by atomic mass is 127. The van der Waals surface area contributed by atoms with E-state index in [0.717, 1.165) is 12.3 Å². The van der Waals surface area contributed by atoms with Gasteiger partial charge < -0.3 is 5.73 Å². The lowest BCUT2D eigenvalue weighted by Gasteiger charge is -2.43. The first-order valence-electron chi connectivity index (χ1n) is 7.38. The summed E-state index contributed by atoms with van der Waals surface area (Å²) < 4.78 is 1.31. The number of hydrogen-bond donors (Lipinski definition) is 1. The predicted octanol–water partition coefficient (Wildman–Crippen LogP) is 4.62. The Morgan fingerprint density at radius 2 is 1.84 bits per heavy atom. The first-order chi connectivity index (χ1) is 8.88. The molecule has 1 aliphatic rings. The summed E-state index contributed by atoms with van der Waals surface area (Å²) in [6, 6.07) is 9.31. The van der Waals surface area contributed by atoms with Crippen LogP contribution in [0.5, 0.6) is 0 Å². The summed E-state index contributed by atoms with van der Waals surface area (Å²) in [6.45, 7) is 7.12. The van der Waals surface area contributed by atoms with Gasteiger partial charge in [-0.2, -0.15) is 0 Å². The Morgan fingerprint density at radius 1 is 1.21 bits per heavy atom. The Hall–Kier alpha value is -0.0900. The van der Waals surface area contributed by atoms with E-state index in [-0.39, 0.29) is 0 Å². The first kappa shape index (κ1) is 15.3. The Labute approximate surface area is 131 Å². The third kappa shape index (κ3) is 3.94. The summed E-state index contributed by atoms with van der Waals surface area (Å²) in [7, 11) is 0. The van der Waals surface area contributed by atoms with Crippen molar-refractivity contribution in [2.75, 3.05) is 0 Å². The standard InChI is InChI=1S/C17H26IN/c1-12-4-9-15(16(19)10-12)17(2,3)11-13-5-7-14(18)8-6-13/h5-8,12,15-16H,4,9-11,19H2,1-3H3. The number of halogens is 1. The van der Waals surface area contributed by atoms with Gasteiger partial charge in [0.1, 0.15) is 0 Å². The van der Waals surface area contributed by atoms with Gasteiger partial charge in [0.15, 0.2) is 0 Å². The first-order valence-corrected chi connectivity index (χ1v) is 8.46. The van der Waals surface area contributed by atoms with Crippen molar-refractivity contribution >= 4 is 22.6 Å². The molecule has 0 radical (unpaired) electrons. The van der Waals surface area contributed by atoms with Crippen LogP contribution in [0.2, 0.25) is 0 Å². The van der Waals surface area contributed by atoms with Crippen LogP contribution < -0.4 is 5.73 Å². The van der Waals surface area contributed by atoms with Crippen LogP contribution in [0.4, 0.5) is 0 Å². The van der Waals surface area contributed by atoms with Crippen molar-refractivity contribution in [2.45, 2.75) is 52.5 Å². The molecule has 3 unspecified atom stereocenters. The molecule has 1 fully saturated rings. The molecule has 106 valence electrons. The van der Waals surface area contributed by atoms with Crippen molar-refractivity contribution in [1.82, 2.24) is 0 Å². The van der Waals surface area contributed by atoms with Gasteiger partial charge in [0.25, 0.3) is 0 Å². The van der Waals surface area contributed by atoms with Gasteiger partial charge in [-0.15, -0.1) is 0 Å². The second-order valence-electron chi connectivity index (χ2n) is 6.98. The fourth-order valence-corrected chi connectivity index (χ4v) is 4.01. The Balaban J connectivity index is 2.07. The molecule has 1 nitrogen and oxygen atoms in total. The third-order valence-corrected chi connectivity index (χ3v) is 5.46. The van der Waals surface area contributed by atoms with Gasteiger partial charge >= 0.3 is 0 Å². The molecule has 0 bridgehead atoms. The van der Waals surface area contributed by atoms with E-state index in [2.05, 4.69) is 67.6 Å². The van der Waals surface area contributed by atoms with Crippen LogP contribution in [0.3, 0.4) is 0 Å². The van der Waals surface area contributed by atoms with E-state index in [1.807, 2.05) is 0 Å². The lowest BCUT2D eigenvalue weighted by molar-refractivity contribution is 0.113. The fourth-order valence-electron chi connectivity index (χ4n) is 3.65. The van der Waals surface area contributed by atoms with Gasteiger partial charge in [-0.3, -0.25) is 0 Å². The summed E-state index contributed by atoms with van der Waals surface area (Å²) >= 11 is 2.36. The van der Waals surface area contributed by atoms with Gasteiger partial charge in [0, 0.05) is 9.61 Å². The second-order valence-corrected chi connectivity index (χ2v) is 8.23. The second kappa shape index (κ2) is 6.13. The van der Waals surface area contributed by atoms with E-state index in [4.69, 9.17) is 5.73 Å². The summed E-state index contributed by atoms with van der Waals surface area (Å²) in [6.07, 6.45) is 4.96. The molecule has 2 rings (SSSR count). The van der Waals surface area contributed by atoms with E-state index < -0.39 is 0 Å². The van der Waals surface area contributed by atoms with E-state index in [1.54, 1.807) is 0 Å². The highest BCUT2D eigenvalue weighted by molar-refractivity contribution is 14.1. The summed E-state index contributed by atoms with van der Waals surface area (Å²) in [5.41, 5.74) is 8.17. The zero-order valence-corrected chi connectivity index (χ0v) is 14.5. The van der Waals surface area contributed by atoms with Crippen LogP contribution in [0.25, 0.3) is 0 Å². The fraction of sp³-hybridized carbons (Fsp3) is 0.647. The number of nitrogens with two attached hydrogens (primary N) is 1. The normalized spacial score (nSPS) is 28.4. The number of rotatable bonds is 3. The molecule has 0 amide bonds. The third-order valence-electron chi connectivity index (χ3n) is 4.74. The van der Waals surface area contributed by atoms with Crippen molar-refractivity contribution in [1.29, 1.82) is 0 Å². The van der Waals surface area contributed by atoms with Crippen LogP contribution in [0.1, 0.15) is 45.6 Å². The summed E-state index contributed by atoms with van der Waals surface area (Å²) in [5.74, 6) is 1.46. The van der Waals surface area contributed by atoms with Gasteiger partial charge in [0.2, 0.25) is 0 Å². The van der Waals surface area contributed by atoms with Crippen LogP contribution in [-0.2, 0) is 6.42 Å². The minimum absolute atomic E-state index is 0.298. The summed E-state index contributed by atoms with van der Waals surface area (Å²) in [4.78, 5) is 0. The average Bonchev–Trinajstić information content (AvgIpc) is 2.31. The van der Waals surface area contributed by atoms with Crippen molar-refractivity contribution in [2.24, 2.45) is 23.0 Å². The Morgan fingerprint density at radius 3 is 2.42 bits per heavy atom. The lowest BCUT2D eigenvalue weighted by atomic mass is 9.64. The predicted molar refractivity (Wildman–Crippen MR) is 91.1 cm³/mol. The van der Waals surface area contributed by atoms with Gasteiger partial charge in [0.05, 0.1) is 0 Å². The molecule has 0 heterocycles. The highest BCUT2D eigenvalue weighted by Gasteiger charge is 2.37. The molecule has 0 spiro atoms. The zero-order valence-electron chi connectivity index (χ0n) is 12.3. The van der Waals surface area contributed by atoms with E-state index >= 15 is 0 Å². The smallest absolute Gasteiger partial charge is 0.0130 e. The molecule has 2 N–H and O–H groups in total. The molecule has 1 saturated carbocycles. The Kier molecular flexibility index (Phi) is 4.93.